The molecule has 0 bridgehead atoms. The Balaban J connectivity index is 1.99. The molecular formula is C18H28N2O2. The summed E-state index contributed by atoms with van der Waals surface area (Å²) in [5, 5.41) is 8.94. The fourth-order valence-corrected chi connectivity index (χ4v) is 3.00. The first-order valence-corrected chi connectivity index (χ1v) is 8.52. The van der Waals surface area contributed by atoms with Gasteiger partial charge in [-0.3, -0.25) is 4.79 Å². The maximum absolute atomic E-state index is 10.9. The van der Waals surface area contributed by atoms with E-state index >= 15 is 0 Å². The van der Waals surface area contributed by atoms with Gasteiger partial charge in [-0.2, -0.15) is 0 Å². The van der Waals surface area contributed by atoms with E-state index in [9.17, 15) is 4.79 Å². The Labute approximate surface area is 133 Å². The summed E-state index contributed by atoms with van der Waals surface area (Å²) in [5.74, 6) is -0.728. The Hall–Kier alpha value is -1.71. The van der Waals surface area contributed by atoms with E-state index in [0.717, 1.165) is 31.7 Å². The molecule has 4 nitrogen and oxygen atoms in total. The molecule has 0 aromatic heterocycles. The van der Waals surface area contributed by atoms with Crippen LogP contribution >= 0.6 is 0 Å². The van der Waals surface area contributed by atoms with Gasteiger partial charge in [0, 0.05) is 37.6 Å². The van der Waals surface area contributed by atoms with Gasteiger partial charge >= 0.3 is 5.97 Å². The van der Waals surface area contributed by atoms with Gasteiger partial charge in [-0.1, -0.05) is 19.8 Å². The molecule has 1 aromatic carbocycles. The molecule has 0 atom stereocenters. The lowest BCUT2D eigenvalue weighted by atomic mass is 10.2. The van der Waals surface area contributed by atoms with Gasteiger partial charge in [0.1, 0.15) is 0 Å². The SMILES string of the molecule is CCCCCN(CCC(=O)O)c1ccc(N2CCCC2)cc1. The van der Waals surface area contributed by atoms with Crippen LogP contribution in [0.5, 0.6) is 0 Å². The third kappa shape index (κ3) is 4.93. The predicted molar refractivity (Wildman–Crippen MR) is 91.9 cm³/mol. The van der Waals surface area contributed by atoms with Crippen molar-refractivity contribution >= 4 is 17.3 Å². The van der Waals surface area contributed by atoms with Crippen molar-refractivity contribution in [2.75, 3.05) is 36.0 Å². The highest BCUT2D eigenvalue weighted by molar-refractivity contribution is 5.68. The molecule has 122 valence electrons. The lowest BCUT2D eigenvalue weighted by Crippen LogP contribution is -2.27. The van der Waals surface area contributed by atoms with E-state index in [-0.39, 0.29) is 6.42 Å². The van der Waals surface area contributed by atoms with Crippen LogP contribution in [0, 0.1) is 0 Å². The summed E-state index contributed by atoms with van der Waals surface area (Å²) >= 11 is 0. The van der Waals surface area contributed by atoms with Crippen LogP contribution < -0.4 is 9.80 Å². The molecule has 1 aliphatic rings. The highest BCUT2D eigenvalue weighted by Gasteiger charge is 2.13. The van der Waals surface area contributed by atoms with Crippen LogP contribution in [-0.4, -0.2) is 37.3 Å². The van der Waals surface area contributed by atoms with Crippen LogP contribution in [0.3, 0.4) is 0 Å². The van der Waals surface area contributed by atoms with Crippen molar-refractivity contribution in [1.29, 1.82) is 0 Å². The predicted octanol–water partition coefficient (Wildman–Crippen LogP) is 3.76. The van der Waals surface area contributed by atoms with E-state index in [0.29, 0.717) is 6.54 Å². The largest absolute Gasteiger partial charge is 0.481 e. The van der Waals surface area contributed by atoms with E-state index in [1.165, 1.54) is 31.4 Å². The van der Waals surface area contributed by atoms with E-state index in [1.807, 2.05) is 0 Å². The molecule has 2 rings (SSSR count). The number of carboxylic acid groups (broad SMARTS) is 1. The summed E-state index contributed by atoms with van der Waals surface area (Å²) in [6.45, 7) is 6.01. The summed E-state index contributed by atoms with van der Waals surface area (Å²) in [6.07, 6.45) is 6.24. The van der Waals surface area contributed by atoms with E-state index in [4.69, 9.17) is 5.11 Å². The summed E-state index contributed by atoms with van der Waals surface area (Å²) in [6, 6.07) is 8.63. The number of nitrogens with zero attached hydrogens (tertiary/aromatic N) is 2. The van der Waals surface area contributed by atoms with E-state index in [2.05, 4.69) is 41.0 Å². The van der Waals surface area contributed by atoms with Crippen molar-refractivity contribution in [1.82, 2.24) is 0 Å². The number of unbranched alkanes of at least 4 members (excludes halogenated alkanes) is 2. The normalized spacial score (nSPS) is 14.3. The van der Waals surface area contributed by atoms with Crippen LogP contribution in [-0.2, 0) is 4.79 Å². The molecular weight excluding hydrogens is 276 g/mol. The first-order chi connectivity index (χ1) is 10.7. The molecule has 1 saturated heterocycles. The molecule has 1 fully saturated rings. The fourth-order valence-electron chi connectivity index (χ4n) is 3.00. The first kappa shape index (κ1) is 16.7. The Kier molecular flexibility index (Phi) is 6.56. The van der Waals surface area contributed by atoms with Gasteiger partial charge in [-0.15, -0.1) is 0 Å². The Morgan fingerprint density at radius 1 is 1.14 bits per heavy atom. The highest BCUT2D eigenvalue weighted by atomic mass is 16.4. The Morgan fingerprint density at radius 3 is 2.41 bits per heavy atom. The van der Waals surface area contributed by atoms with Crippen molar-refractivity contribution in [3.63, 3.8) is 0 Å². The lowest BCUT2D eigenvalue weighted by molar-refractivity contribution is -0.136. The van der Waals surface area contributed by atoms with Crippen molar-refractivity contribution < 1.29 is 9.90 Å². The number of carbonyl (C=O) groups is 1. The summed E-state index contributed by atoms with van der Waals surface area (Å²) in [5.41, 5.74) is 2.42. The molecule has 0 radical (unpaired) electrons. The molecule has 0 saturated carbocycles. The van der Waals surface area contributed by atoms with E-state index in [1.54, 1.807) is 0 Å². The number of anilines is 2. The minimum Gasteiger partial charge on any atom is -0.481 e. The molecule has 1 aromatic rings. The van der Waals surface area contributed by atoms with Crippen molar-refractivity contribution in [3.8, 4) is 0 Å². The summed E-state index contributed by atoms with van der Waals surface area (Å²) < 4.78 is 0. The van der Waals surface area contributed by atoms with Crippen molar-refractivity contribution in [2.24, 2.45) is 0 Å². The number of carboxylic acids is 1. The van der Waals surface area contributed by atoms with Gasteiger partial charge in [0.2, 0.25) is 0 Å². The second kappa shape index (κ2) is 8.66. The first-order valence-electron chi connectivity index (χ1n) is 8.52. The van der Waals surface area contributed by atoms with Crippen LogP contribution in [0.1, 0.15) is 45.4 Å². The van der Waals surface area contributed by atoms with Gasteiger partial charge < -0.3 is 14.9 Å². The molecule has 0 aliphatic carbocycles. The average Bonchev–Trinajstić information content (AvgIpc) is 3.05. The second-order valence-corrected chi connectivity index (χ2v) is 6.05. The minimum atomic E-state index is -0.728. The summed E-state index contributed by atoms with van der Waals surface area (Å²) in [7, 11) is 0. The van der Waals surface area contributed by atoms with Gasteiger partial charge in [0.25, 0.3) is 0 Å². The molecule has 1 N–H and O–H groups in total. The molecule has 0 unspecified atom stereocenters. The smallest absolute Gasteiger partial charge is 0.305 e. The number of hydrogen-bond acceptors (Lipinski definition) is 3. The molecule has 4 heteroatoms. The van der Waals surface area contributed by atoms with Crippen molar-refractivity contribution in [2.45, 2.75) is 45.4 Å². The minimum absolute atomic E-state index is 0.194. The molecule has 0 amide bonds. The maximum atomic E-state index is 10.9. The Bertz CT molecular complexity index is 453. The monoisotopic (exact) mass is 304 g/mol. The maximum Gasteiger partial charge on any atom is 0.305 e. The zero-order valence-corrected chi connectivity index (χ0v) is 13.6. The molecule has 0 spiro atoms. The van der Waals surface area contributed by atoms with Gasteiger partial charge in [-0.05, 0) is 43.5 Å². The van der Waals surface area contributed by atoms with Gasteiger partial charge in [0.15, 0.2) is 0 Å². The third-order valence-electron chi connectivity index (χ3n) is 4.31. The lowest BCUT2D eigenvalue weighted by Gasteiger charge is -2.25. The van der Waals surface area contributed by atoms with Crippen LogP contribution in [0.2, 0.25) is 0 Å². The average molecular weight is 304 g/mol. The van der Waals surface area contributed by atoms with Crippen LogP contribution in [0.15, 0.2) is 24.3 Å². The van der Waals surface area contributed by atoms with Crippen LogP contribution in [0.25, 0.3) is 0 Å². The van der Waals surface area contributed by atoms with Gasteiger partial charge in [-0.25, -0.2) is 0 Å². The zero-order valence-electron chi connectivity index (χ0n) is 13.6. The Morgan fingerprint density at radius 2 is 1.82 bits per heavy atom. The second-order valence-electron chi connectivity index (χ2n) is 6.05. The molecule has 1 aliphatic heterocycles. The van der Waals surface area contributed by atoms with E-state index < -0.39 is 5.97 Å². The topological polar surface area (TPSA) is 43.8 Å². The van der Waals surface area contributed by atoms with Crippen molar-refractivity contribution in [3.05, 3.63) is 24.3 Å². The number of rotatable bonds is 9. The molecule has 1 heterocycles. The standard InChI is InChI=1S/C18H28N2O2/c1-2-3-4-12-20(15-11-18(21)22)17-9-7-16(8-10-17)19-13-5-6-14-19/h7-10H,2-6,11-15H2,1H3,(H,21,22). The number of benzene rings is 1. The zero-order chi connectivity index (χ0) is 15.8. The molecule has 22 heavy (non-hydrogen) atoms. The summed E-state index contributed by atoms with van der Waals surface area (Å²) in [4.78, 5) is 15.5. The van der Waals surface area contributed by atoms with Gasteiger partial charge in [0.05, 0.1) is 6.42 Å². The number of aliphatic carboxylic acids is 1. The van der Waals surface area contributed by atoms with Crippen LogP contribution in [0.4, 0.5) is 11.4 Å². The quantitative estimate of drug-likeness (QED) is 0.706. The fraction of sp³-hybridized carbons (Fsp3) is 0.611. The third-order valence-corrected chi connectivity index (χ3v) is 4.31. The number of hydrogen-bond donors (Lipinski definition) is 1. The highest BCUT2D eigenvalue weighted by Crippen LogP contribution is 2.24.